The van der Waals surface area contributed by atoms with E-state index < -0.39 is 0 Å². The van der Waals surface area contributed by atoms with E-state index in [0.29, 0.717) is 29.4 Å². The zero-order valence-corrected chi connectivity index (χ0v) is 16.8. The molecule has 0 aliphatic heterocycles. The Kier molecular flexibility index (Phi) is 6.66. The van der Waals surface area contributed by atoms with E-state index in [0.717, 1.165) is 35.1 Å². The molecule has 0 fully saturated rings. The zero-order valence-electron chi connectivity index (χ0n) is 16.8. The molecule has 148 valence electrons. The summed E-state index contributed by atoms with van der Waals surface area (Å²) in [4.78, 5) is 0. The lowest BCUT2D eigenvalue weighted by Gasteiger charge is -2.21. The van der Waals surface area contributed by atoms with Crippen LogP contribution in [0, 0.1) is 0 Å². The van der Waals surface area contributed by atoms with E-state index in [4.69, 9.17) is 18.9 Å². The summed E-state index contributed by atoms with van der Waals surface area (Å²) in [6, 6.07) is 3.63. The van der Waals surface area contributed by atoms with Gasteiger partial charge >= 0.3 is 0 Å². The highest BCUT2D eigenvalue weighted by Gasteiger charge is 2.24. The third-order valence-corrected chi connectivity index (χ3v) is 4.79. The maximum Gasteiger partial charge on any atom is 0.201 e. The van der Waals surface area contributed by atoms with Crippen LogP contribution in [-0.2, 0) is 19.3 Å². The molecule has 0 aromatic heterocycles. The van der Waals surface area contributed by atoms with Gasteiger partial charge in [-0.05, 0) is 36.1 Å². The molecule has 2 aromatic carbocycles. The normalized spacial score (nSPS) is 10.6. The molecule has 0 spiro atoms. The van der Waals surface area contributed by atoms with Gasteiger partial charge in [0, 0.05) is 17.5 Å². The van der Waals surface area contributed by atoms with E-state index in [1.165, 1.54) is 28.4 Å². The summed E-state index contributed by atoms with van der Waals surface area (Å²) in [6.07, 6.45) is 1.89. The number of benzene rings is 2. The molecule has 2 rings (SSSR count). The molecule has 0 amide bonds. The van der Waals surface area contributed by atoms with Gasteiger partial charge in [-0.2, -0.15) is 0 Å². The van der Waals surface area contributed by atoms with Crippen LogP contribution < -0.4 is 18.9 Å². The topological polar surface area (TPSA) is 77.4 Å². The molecule has 0 radical (unpaired) electrons. The van der Waals surface area contributed by atoms with Gasteiger partial charge in [0.2, 0.25) is 11.5 Å². The molecule has 0 atom stereocenters. The van der Waals surface area contributed by atoms with Crippen LogP contribution in [0.25, 0.3) is 0 Å². The molecule has 0 unspecified atom stereocenters. The lowest BCUT2D eigenvalue weighted by Crippen LogP contribution is -2.06. The lowest BCUT2D eigenvalue weighted by molar-refractivity contribution is 0.333. The summed E-state index contributed by atoms with van der Waals surface area (Å²) < 4.78 is 21.5. The summed E-state index contributed by atoms with van der Waals surface area (Å²) in [6.45, 7) is 4.05. The molecule has 6 nitrogen and oxygen atoms in total. The maximum atomic E-state index is 10.5. The number of hydrogen-bond donors (Lipinski definition) is 2. The molecule has 0 saturated heterocycles. The van der Waals surface area contributed by atoms with Crippen LogP contribution >= 0.6 is 0 Å². The van der Waals surface area contributed by atoms with Gasteiger partial charge in [-0.1, -0.05) is 13.8 Å². The maximum absolute atomic E-state index is 10.5. The number of hydrogen-bond acceptors (Lipinski definition) is 6. The van der Waals surface area contributed by atoms with Crippen molar-refractivity contribution in [3.8, 4) is 34.5 Å². The Bertz CT molecular complexity index is 746. The standard InChI is InChI=1S/C21H28O6/c1-7-12-9-16(24-3)18(22)20(26-5)14(12)11-15-13(8-2)10-17(25-4)19(23)21(15)27-6/h9-10,22-23H,7-8,11H2,1-6H3. The zero-order chi connectivity index (χ0) is 20.1. The average molecular weight is 376 g/mol. The second-order valence-electron chi connectivity index (χ2n) is 6.08. The molecule has 2 aromatic rings. The van der Waals surface area contributed by atoms with Crippen LogP contribution in [0.15, 0.2) is 12.1 Å². The number of phenolic OH excluding ortho intramolecular Hbond substituents is 2. The summed E-state index contributed by atoms with van der Waals surface area (Å²) in [5.74, 6) is 1.39. The fourth-order valence-corrected chi connectivity index (χ4v) is 3.37. The van der Waals surface area contributed by atoms with Crippen molar-refractivity contribution >= 4 is 0 Å². The van der Waals surface area contributed by atoms with Crippen LogP contribution in [0.1, 0.15) is 36.1 Å². The van der Waals surface area contributed by atoms with Gasteiger partial charge in [0.1, 0.15) is 0 Å². The Morgan fingerprint density at radius 3 is 1.30 bits per heavy atom. The van der Waals surface area contributed by atoms with Crippen LogP contribution in [0.5, 0.6) is 34.5 Å². The van der Waals surface area contributed by atoms with Gasteiger partial charge in [0.25, 0.3) is 0 Å². The highest BCUT2D eigenvalue weighted by molar-refractivity contribution is 5.63. The van der Waals surface area contributed by atoms with Crippen LogP contribution in [0.3, 0.4) is 0 Å². The van der Waals surface area contributed by atoms with Crippen molar-refractivity contribution in [3.63, 3.8) is 0 Å². The molecular formula is C21H28O6. The Morgan fingerprint density at radius 1 is 0.667 bits per heavy atom. The van der Waals surface area contributed by atoms with Crippen molar-refractivity contribution in [1.82, 2.24) is 0 Å². The third-order valence-electron chi connectivity index (χ3n) is 4.79. The molecule has 0 saturated carbocycles. The number of aryl methyl sites for hydroxylation is 2. The summed E-state index contributed by atoms with van der Waals surface area (Å²) in [7, 11) is 6.04. The van der Waals surface area contributed by atoms with Gasteiger partial charge in [0.05, 0.1) is 28.4 Å². The number of phenols is 2. The van der Waals surface area contributed by atoms with Crippen molar-refractivity contribution < 1.29 is 29.2 Å². The predicted molar refractivity (Wildman–Crippen MR) is 104 cm³/mol. The van der Waals surface area contributed by atoms with Crippen LogP contribution in [0.4, 0.5) is 0 Å². The fourth-order valence-electron chi connectivity index (χ4n) is 3.37. The molecule has 2 N–H and O–H groups in total. The highest BCUT2D eigenvalue weighted by atomic mass is 16.5. The van der Waals surface area contributed by atoms with E-state index in [9.17, 15) is 10.2 Å². The number of rotatable bonds is 8. The molecule has 0 aliphatic rings. The van der Waals surface area contributed by atoms with E-state index in [2.05, 4.69) is 0 Å². The molecule has 6 heteroatoms. The second kappa shape index (κ2) is 8.75. The van der Waals surface area contributed by atoms with Crippen molar-refractivity contribution in [1.29, 1.82) is 0 Å². The van der Waals surface area contributed by atoms with Crippen molar-refractivity contribution in [2.75, 3.05) is 28.4 Å². The summed E-state index contributed by atoms with van der Waals surface area (Å²) in [5, 5.41) is 21.0. The Hall–Kier alpha value is -2.76. The smallest absolute Gasteiger partial charge is 0.201 e. The minimum atomic E-state index is -0.0399. The number of aromatic hydroxyl groups is 2. The van der Waals surface area contributed by atoms with Gasteiger partial charge in [-0.15, -0.1) is 0 Å². The predicted octanol–water partition coefficient (Wildman–Crippen LogP) is 3.85. The second-order valence-corrected chi connectivity index (χ2v) is 6.08. The van der Waals surface area contributed by atoms with E-state index in [-0.39, 0.29) is 11.5 Å². The molecule has 0 heterocycles. The quantitative estimate of drug-likeness (QED) is 0.729. The van der Waals surface area contributed by atoms with Gasteiger partial charge in [-0.3, -0.25) is 0 Å². The minimum Gasteiger partial charge on any atom is -0.502 e. The lowest BCUT2D eigenvalue weighted by atomic mass is 9.91. The SMILES string of the molecule is CCc1cc(OC)c(O)c(OC)c1Cc1c(CC)cc(OC)c(O)c1OC. The van der Waals surface area contributed by atoms with Gasteiger partial charge in [-0.25, -0.2) is 0 Å². The molecule has 0 bridgehead atoms. The van der Waals surface area contributed by atoms with Crippen LogP contribution in [-0.4, -0.2) is 38.7 Å². The minimum absolute atomic E-state index is 0.0399. The molecule has 0 aliphatic carbocycles. The van der Waals surface area contributed by atoms with Crippen molar-refractivity contribution in [3.05, 3.63) is 34.4 Å². The summed E-state index contributed by atoms with van der Waals surface area (Å²) in [5.41, 5.74) is 3.63. The largest absolute Gasteiger partial charge is 0.502 e. The highest BCUT2D eigenvalue weighted by Crippen LogP contribution is 2.46. The van der Waals surface area contributed by atoms with Gasteiger partial charge in [0.15, 0.2) is 23.0 Å². The van der Waals surface area contributed by atoms with E-state index in [1.807, 2.05) is 26.0 Å². The first-order chi connectivity index (χ1) is 13.0. The average Bonchev–Trinajstić information content (AvgIpc) is 2.68. The third kappa shape index (κ3) is 3.70. The van der Waals surface area contributed by atoms with Crippen LogP contribution in [0.2, 0.25) is 0 Å². The first-order valence-corrected chi connectivity index (χ1v) is 8.88. The Morgan fingerprint density at radius 2 is 1.04 bits per heavy atom. The fraction of sp³-hybridized carbons (Fsp3) is 0.429. The Labute approximate surface area is 160 Å². The first kappa shape index (κ1) is 20.6. The molecular weight excluding hydrogens is 348 g/mol. The Balaban J connectivity index is 2.73. The van der Waals surface area contributed by atoms with E-state index >= 15 is 0 Å². The monoisotopic (exact) mass is 376 g/mol. The number of methoxy groups -OCH3 is 4. The number of ether oxygens (including phenoxy) is 4. The van der Waals surface area contributed by atoms with Gasteiger partial charge < -0.3 is 29.2 Å². The van der Waals surface area contributed by atoms with Crippen molar-refractivity contribution in [2.45, 2.75) is 33.1 Å². The molecule has 27 heavy (non-hydrogen) atoms. The first-order valence-electron chi connectivity index (χ1n) is 8.88. The van der Waals surface area contributed by atoms with E-state index in [1.54, 1.807) is 0 Å². The summed E-state index contributed by atoms with van der Waals surface area (Å²) >= 11 is 0. The van der Waals surface area contributed by atoms with Crippen molar-refractivity contribution in [2.24, 2.45) is 0 Å².